The van der Waals surface area contributed by atoms with E-state index in [9.17, 15) is 24.6 Å². The quantitative estimate of drug-likeness (QED) is 0.415. The molecular formula is C17H15NO7S2-2. The summed E-state index contributed by atoms with van der Waals surface area (Å²) in [4.78, 5) is 35.5. The first-order valence-electron chi connectivity index (χ1n) is 7.77. The lowest BCUT2D eigenvalue weighted by Gasteiger charge is -2.27. The monoisotopic (exact) mass is 409 g/mol. The molecule has 1 aliphatic rings. The number of nitrogens with zero attached hydrogens (tertiary/aromatic N) is 1. The molecule has 0 unspecified atom stereocenters. The summed E-state index contributed by atoms with van der Waals surface area (Å²) < 4.78 is 10.6. The van der Waals surface area contributed by atoms with Gasteiger partial charge in [-0.2, -0.15) is 0 Å². The average molecular weight is 409 g/mol. The maximum atomic E-state index is 12.6. The summed E-state index contributed by atoms with van der Waals surface area (Å²) in [5.74, 6) is -3.06. The number of amides is 1. The van der Waals surface area contributed by atoms with Gasteiger partial charge >= 0.3 is 0 Å². The Morgan fingerprint density at radius 3 is 2.59 bits per heavy atom. The molecule has 1 amide bonds. The van der Waals surface area contributed by atoms with Crippen molar-refractivity contribution in [3.05, 3.63) is 28.7 Å². The van der Waals surface area contributed by atoms with Crippen LogP contribution >= 0.6 is 24.0 Å². The molecule has 1 aliphatic heterocycles. The number of benzene rings is 1. The molecule has 1 aromatic carbocycles. The molecule has 144 valence electrons. The molecule has 8 nitrogen and oxygen atoms in total. The van der Waals surface area contributed by atoms with Gasteiger partial charge in [0, 0.05) is 12.4 Å². The van der Waals surface area contributed by atoms with Crippen LogP contribution < -0.4 is 19.7 Å². The van der Waals surface area contributed by atoms with Crippen LogP contribution in [0.25, 0.3) is 6.08 Å². The van der Waals surface area contributed by atoms with Crippen LogP contribution in [0.1, 0.15) is 18.9 Å². The normalized spacial score (nSPS) is 16.5. The number of methoxy groups -OCH3 is 1. The third-order valence-electron chi connectivity index (χ3n) is 3.55. The summed E-state index contributed by atoms with van der Waals surface area (Å²) in [6.07, 6.45) is 0.585. The Kier molecular flexibility index (Phi) is 6.81. The van der Waals surface area contributed by atoms with E-state index in [0.29, 0.717) is 23.7 Å². The Labute approximate surface area is 164 Å². The number of thioether (sulfide) groups is 1. The Morgan fingerprint density at radius 1 is 1.33 bits per heavy atom. The van der Waals surface area contributed by atoms with Crippen molar-refractivity contribution in [2.45, 2.75) is 19.4 Å². The van der Waals surface area contributed by atoms with Crippen LogP contribution in [-0.4, -0.2) is 46.8 Å². The predicted octanol–water partition coefficient (Wildman–Crippen LogP) is -0.446. The standard InChI is InChI=1S/C17H17NO7S2/c1-3-25-11-5-4-9(6-12(11)24-2)7-13-15(21)18(17(26)27-13)10(16(22)23)8-14(19)20/h4-7,10H,3,8H2,1-2H3,(H,19,20)(H,22,23)/p-2/b13-7-/t10-/m0/s1. The molecular weight excluding hydrogens is 394 g/mol. The highest BCUT2D eigenvalue weighted by molar-refractivity contribution is 8.26. The largest absolute Gasteiger partial charge is 0.550 e. The first-order chi connectivity index (χ1) is 12.8. The third kappa shape index (κ3) is 4.77. The molecule has 0 N–H and O–H groups in total. The Balaban J connectivity index is 2.32. The second kappa shape index (κ2) is 8.87. The van der Waals surface area contributed by atoms with Gasteiger partial charge in [-0.05, 0) is 30.7 Å². The summed E-state index contributed by atoms with van der Waals surface area (Å²) >= 11 is 5.91. The molecule has 10 heteroatoms. The van der Waals surface area contributed by atoms with E-state index in [4.69, 9.17) is 21.7 Å². The molecule has 27 heavy (non-hydrogen) atoms. The van der Waals surface area contributed by atoms with E-state index in [1.54, 1.807) is 18.2 Å². The SMILES string of the molecule is CCOc1ccc(/C=C2\SC(=S)N([C@@H](CC(=O)[O-])C(=O)[O-])C2=O)cc1OC. The molecule has 2 rings (SSSR count). The van der Waals surface area contributed by atoms with Gasteiger partial charge in [-0.3, -0.25) is 9.69 Å². The molecule has 0 radical (unpaired) electrons. The topological polar surface area (TPSA) is 119 Å². The van der Waals surface area contributed by atoms with E-state index in [1.807, 2.05) is 6.92 Å². The van der Waals surface area contributed by atoms with Crippen molar-refractivity contribution in [3.63, 3.8) is 0 Å². The lowest BCUT2D eigenvalue weighted by molar-refractivity contribution is -0.319. The van der Waals surface area contributed by atoms with Crippen LogP contribution in [0.15, 0.2) is 23.1 Å². The first kappa shape index (κ1) is 20.7. The molecule has 1 aromatic rings. The van der Waals surface area contributed by atoms with E-state index in [-0.39, 0.29) is 9.23 Å². The van der Waals surface area contributed by atoms with Gasteiger partial charge in [-0.15, -0.1) is 0 Å². The number of carbonyl (C=O) groups excluding carboxylic acids is 3. The third-order valence-corrected chi connectivity index (χ3v) is 4.88. The molecule has 0 aromatic heterocycles. The van der Waals surface area contributed by atoms with Crippen LogP contribution in [0, 0.1) is 0 Å². The number of aliphatic carboxylic acids is 2. The van der Waals surface area contributed by atoms with Crippen molar-refractivity contribution in [1.29, 1.82) is 0 Å². The van der Waals surface area contributed by atoms with Crippen LogP contribution in [0.2, 0.25) is 0 Å². The minimum Gasteiger partial charge on any atom is -0.550 e. The minimum atomic E-state index is -1.73. The van der Waals surface area contributed by atoms with Crippen molar-refractivity contribution in [1.82, 2.24) is 4.90 Å². The molecule has 1 saturated heterocycles. The van der Waals surface area contributed by atoms with Crippen LogP contribution in [0.5, 0.6) is 11.5 Å². The Hall–Kier alpha value is -2.59. The molecule has 0 saturated carbocycles. The van der Waals surface area contributed by atoms with Gasteiger partial charge < -0.3 is 29.3 Å². The second-order valence-electron chi connectivity index (χ2n) is 5.31. The zero-order valence-corrected chi connectivity index (χ0v) is 16.1. The number of carboxylic acids is 2. The number of thiocarbonyl (C=S) groups is 1. The van der Waals surface area contributed by atoms with E-state index in [2.05, 4.69) is 0 Å². The smallest absolute Gasteiger partial charge is 0.266 e. The average Bonchev–Trinajstić information content (AvgIpc) is 2.87. The molecule has 0 spiro atoms. The van der Waals surface area contributed by atoms with Gasteiger partial charge in [0.05, 0.1) is 30.6 Å². The minimum absolute atomic E-state index is 0.0698. The summed E-state index contributed by atoms with van der Waals surface area (Å²) in [6, 6.07) is 3.28. The van der Waals surface area contributed by atoms with Crippen LogP contribution in [-0.2, 0) is 14.4 Å². The maximum Gasteiger partial charge on any atom is 0.266 e. The number of rotatable bonds is 8. The van der Waals surface area contributed by atoms with Crippen LogP contribution in [0.4, 0.5) is 0 Å². The van der Waals surface area contributed by atoms with E-state index >= 15 is 0 Å². The highest BCUT2D eigenvalue weighted by atomic mass is 32.2. The van der Waals surface area contributed by atoms with E-state index in [1.165, 1.54) is 13.2 Å². The Morgan fingerprint density at radius 2 is 2.04 bits per heavy atom. The highest BCUT2D eigenvalue weighted by Gasteiger charge is 2.37. The predicted molar refractivity (Wildman–Crippen MR) is 97.6 cm³/mol. The summed E-state index contributed by atoms with van der Waals surface area (Å²) in [7, 11) is 1.48. The zero-order valence-electron chi connectivity index (χ0n) is 14.4. The number of hydrogen-bond acceptors (Lipinski definition) is 9. The molecule has 1 atom stereocenters. The lowest BCUT2D eigenvalue weighted by Crippen LogP contribution is -2.52. The summed E-state index contributed by atoms with van der Waals surface area (Å²) in [5, 5.41) is 22.0. The molecule has 0 aliphatic carbocycles. The number of ether oxygens (including phenoxy) is 2. The first-order valence-corrected chi connectivity index (χ1v) is 8.99. The molecule has 1 heterocycles. The van der Waals surface area contributed by atoms with E-state index < -0.39 is 30.3 Å². The van der Waals surface area contributed by atoms with Crippen molar-refractivity contribution in [2.24, 2.45) is 0 Å². The van der Waals surface area contributed by atoms with Crippen molar-refractivity contribution in [3.8, 4) is 11.5 Å². The fourth-order valence-corrected chi connectivity index (χ4v) is 3.74. The molecule has 0 bridgehead atoms. The zero-order chi connectivity index (χ0) is 20.1. The highest BCUT2D eigenvalue weighted by Crippen LogP contribution is 2.36. The van der Waals surface area contributed by atoms with Gasteiger partial charge in [0.15, 0.2) is 11.5 Å². The van der Waals surface area contributed by atoms with Gasteiger partial charge in [-0.25, -0.2) is 0 Å². The fourth-order valence-electron chi connectivity index (χ4n) is 2.39. The van der Waals surface area contributed by atoms with Gasteiger partial charge in [0.25, 0.3) is 5.91 Å². The fraction of sp³-hybridized carbons (Fsp3) is 0.294. The number of carboxylic acid groups (broad SMARTS) is 2. The second-order valence-corrected chi connectivity index (χ2v) is 6.98. The van der Waals surface area contributed by atoms with Crippen molar-refractivity contribution < 1.29 is 34.1 Å². The summed E-state index contributed by atoms with van der Waals surface area (Å²) in [5.41, 5.74) is 0.598. The van der Waals surface area contributed by atoms with Gasteiger partial charge in [-0.1, -0.05) is 30.0 Å². The van der Waals surface area contributed by atoms with Crippen LogP contribution in [0.3, 0.4) is 0 Å². The van der Waals surface area contributed by atoms with Crippen molar-refractivity contribution >= 4 is 52.2 Å². The summed E-state index contributed by atoms with van der Waals surface area (Å²) in [6.45, 7) is 2.29. The number of hydrogen-bond donors (Lipinski definition) is 0. The van der Waals surface area contributed by atoms with Crippen molar-refractivity contribution in [2.75, 3.05) is 13.7 Å². The van der Waals surface area contributed by atoms with Gasteiger partial charge in [0.2, 0.25) is 0 Å². The Bertz CT molecular complexity index is 821. The van der Waals surface area contributed by atoms with E-state index in [0.717, 1.165) is 16.7 Å². The molecule has 1 fully saturated rings. The maximum absolute atomic E-state index is 12.6. The lowest BCUT2D eigenvalue weighted by atomic mass is 10.1. The number of carbonyl (C=O) groups is 3. The van der Waals surface area contributed by atoms with Gasteiger partial charge in [0.1, 0.15) is 4.32 Å².